The molecule has 6 heteroatoms. The van der Waals surface area contributed by atoms with E-state index in [9.17, 15) is 13.2 Å². The van der Waals surface area contributed by atoms with Gasteiger partial charge in [0.2, 0.25) is 15.9 Å². The van der Waals surface area contributed by atoms with Gasteiger partial charge in [-0.1, -0.05) is 19.1 Å². The number of likely N-dealkylation sites (tertiary alicyclic amines) is 1. The average molecular weight is 431 g/mol. The van der Waals surface area contributed by atoms with Gasteiger partial charge in [-0.05, 0) is 93.2 Å². The summed E-state index contributed by atoms with van der Waals surface area (Å²) in [5.74, 6) is 2.67. The van der Waals surface area contributed by atoms with E-state index in [1.807, 2.05) is 17.0 Å². The molecule has 5 fully saturated rings. The first kappa shape index (κ1) is 20.5. The van der Waals surface area contributed by atoms with Crippen LogP contribution in [-0.2, 0) is 21.2 Å². The third kappa shape index (κ3) is 3.70. The predicted molar refractivity (Wildman–Crippen MR) is 116 cm³/mol. The van der Waals surface area contributed by atoms with Crippen LogP contribution in [0.2, 0.25) is 0 Å². The fourth-order valence-electron chi connectivity index (χ4n) is 7.10. The van der Waals surface area contributed by atoms with Crippen LogP contribution in [0.1, 0.15) is 63.9 Å². The largest absolute Gasteiger partial charge is 0.342 e. The number of rotatable bonds is 5. The van der Waals surface area contributed by atoms with E-state index in [4.69, 9.17) is 0 Å². The van der Waals surface area contributed by atoms with Crippen molar-refractivity contribution in [1.82, 2.24) is 9.62 Å². The molecule has 30 heavy (non-hydrogen) atoms. The monoisotopic (exact) mass is 430 g/mol. The number of hydrogen-bond acceptors (Lipinski definition) is 3. The van der Waals surface area contributed by atoms with E-state index in [-0.39, 0.29) is 11.5 Å². The van der Waals surface area contributed by atoms with Crippen molar-refractivity contribution in [1.29, 1.82) is 0 Å². The standard InChI is InChI=1S/C24H34N2O3S/c1-2-17-3-5-22(6-4-17)30(28,29)25-21-7-9-26(10-8-21)23(27)24-14-18-11-19(15-24)13-20(12-18)16-24/h3-6,18-21,25H,2,7-16H2,1H3. The smallest absolute Gasteiger partial charge is 0.240 e. The number of piperidine rings is 1. The van der Waals surface area contributed by atoms with Crippen LogP contribution in [0.3, 0.4) is 0 Å². The summed E-state index contributed by atoms with van der Waals surface area (Å²) < 4.78 is 28.4. The van der Waals surface area contributed by atoms with Gasteiger partial charge in [0.15, 0.2) is 0 Å². The van der Waals surface area contributed by atoms with Crippen molar-refractivity contribution in [2.45, 2.75) is 75.6 Å². The third-order valence-corrected chi connectivity index (χ3v) is 9.77. The number of sulfonamides is 1. The summed E-state index contributed by atoms with van der Waals surface area (Å²) in [5, 5.41) is 0. The van der Waals surface area contributed by atoms with Crippen molar-refractivity contribution in [3.63, 3.8) is 0 Å². The maximum Gasteiger partial charge on any atom is 0.240 e. The van der Waals surface area contributed by atoms with Crippen molar-refractivity contribution in [2.75, 3.05) is 13.1 Å². The summed E-state index contributed by atoms with van der Waals surface area (Å²) in [6, 6.07) is 7.03. The highest BCUT2D eigenvalue weighted by Gasteiger charge is 2.55. The molecule has 4 aliphatic carbocycles. The summed E-state index contributed by atoms with van der Waals surface area (Å²) in [5.41, 5.74) is 1.03. The number of carbonyl (C=O) groups is 1. The highest BCUT2D eigenvalue weighted by molar-refractivity contribution is 7.89. The molecule has 1 aromatic carbocycles. The Bertz CT molecular complexity index is 866. The number of hydrogen-bond donors (Lipinski definition) is 1. The van der Waals surface area contributed by atoms with E-state index < -0.39 is 10.0 Å². The molecule has 0 spiro atoms. The molecule has 4 saturated carbocycles. The summed E-state index contributed by atoms with van der Waals surface area (Å²) in [6.07, 6.45) is 9.61. The Kier molecular flexibility index (Phi) is 5.21. The van der Waals surface area contributed by atoms with Crippen LogP contribution < -0.4 is 4.72 Å². The molecule has 1 amide bonds. The third-order valence-electron chi connectivity index (χ3n) is 8.24. The number of nitrogens with zero attached hydrogens (tertiary/aromatic N) is 1. The van der Waals surface area contributed by atoms with Crippen molar-refractivity contribution in [3.8, 4) is 0 Å². The summed E-state index contributed by atoms with van der Waals surface area (Å²) >= 11 is 0. The molecule has 1 aliphatic heterocycles. The lowest BCUT2D eigenvalue weighted by atomic mass is 9.49. The normalized spacial score (nSPS) is 33.8. The maximum absolute atomic E-state index is 13.5. The second-order valence-corrected chi connectivity index (χ2v) is 12.1. The molecular weight excluding hydrogens is 396 g/mol. The van der Waals surface area contributed by atoms with E-state index >= 15 is 0 Å². The second-order valence-electron chi connectivity index (χ2n) is 10.4. The number of carbonyl (C=O) groups excluding carboxylic acids is 1. The van der Waals surface area contributed by atoms with Crippen molar-refractivity contribution < 1.29 is 13.2 Å². The minimum atomic E-state index is -3.51. The lowest BCUT2D eigenvalue weighted by molar-refractivity contribution is -0.158. The lowest BCUT2D eigenvalue weighted by Crippen LogP contribution is -2.56. The first-order valence-corrected chi connectivity index (χ1v) is 13.3. The van der Waals surface area contributed by atoms with Gasteiger partial charge in [-0.3, -0.25) is 4.79 Å². The molecule has 1 saturated heterocycles. The van der Waals surface area contributed by atoms with Gasteiger partial charge in [-0.25, -0.2) is 13.1 Å². The van der Waals surface area contributed by atoms with Crippen LogP contribution in [-0.4, -0.2) is 38.4 Å². The summed E-state index contributed by atoms with van der Waals surface area (Å²) in [7, 11) is -3.51. The number of aryl methyl sites for hydroxylation is 1. The summed E-state index contributed by atoms with van der Waals surface area (Å²) in [4.78, 5) is 15.9. The molecule has 5 nitrogen and oxygen atoms in total. The predicted octanol–water partition coefficient (Wildman–Crippen LogP) is 3.73. The minimum Gasteiger partial charge on any atom is -0.342 e. The Morgan fingerprint density at radius 2 is 1.53 bits per heavy atom. The molecule has 0 aromatic heterocycles. The van der Waals surface area contributed by atoms with E-state index in [0.717, 1.165) is 49.0 Å². The van der Waals surface area contributed by atoms with Gasteiger partial charge in [0.05, 0.1) is 10.3 Å². The van der Waals surface area contributed by atoms with Crippen LogP contribution in [0.15, 0.2) is 29.2 Å². The highest BCUT2D eigenvalue weighted by Crippen LogP contribution is 2.60. The second kappa shape index (κ2) is 7.63. The van der Waals surface area contributed by atoms with Crippen molar-refractivity contribution >= 4 is 15.9 Å². The molecule has 164 valence electrons. The molecule has 1 N–H and O–H groups in total. The SMILES string of the molecule is CCc1ccc(S(=O)(=O)NC2CCN(C(=O)C34CC5CC(CC(C5)C3)C4)CC2)cc1. The first-order valence-electron chi connectivity index (χ1n) is 11.8. The molecule has 4 bridgehead atoms. The zero-order chi connectivity index (χ0) is 20.9. The average Bonchev–Trinajstić information content (AvgIpc) is 2.72. The van der Waals surface area contributed by atoms with Gasteiger partial charge in [0, 0.05) is 19.1 Å². The van der Waals surface area contributed by atoms with Crippen LogP contribution in [0, 0.1) is 23.2 Å². The van der Waals surface area contributed by atoms with Gasteiger partial charge in [-0.15, -0.1) is 0 Å². The Labute approximate surface area is 180 Å². The van der Waals surface area contributed by atoms with E-state index in [1.54, 1.807) is 12.1 Å². The molecule has 0 unspecified atom stereocenters. The van der Waals surface area contributed by atoms with E-state index in [0.29, 0.717) is 36.7 Å². The zero-order valence-electron chi connectivity index (χ0n) is 18.0. The van der Waals surface area contributed by atoms with Crippen LogP contribution >= 0.6 is 0 Å². The molecule has 0 radical (unpaired) electrons. The molecular formula is C24H34N2O3S. The molecule has 1 aromatic rings. The first-order chi connectivity index (χ1) is 14.4. The maximum atomic E-state index is 13.5. The zero-order valence-corrected chi connectivity index (χ0v) is 18.8. The van der Waals surface area contributed by atoms with Gasteiger partial charge >= 0.3 is 0 Å². The number of nitrogens with one attached hydrogen (secondary N) is 1. The molecule has 1 heterocycles. The fourth-order valence-corrected chi connectivity index (χ4v) is 8.41. The van der Waals surface area contributed by atoms with Gasteiger partial charge in [0.1, 0.15) is 0 Å². The quantitative estimate of drug-likeness (QED) is 0.774. The minimum absolute atomic E-state index is 0.0951. The Balaban J connectivity index is 1.20. The molecule has 5 aliphatic rings. The Morgan fingerprint density at radius 3 is 2.03 bits per heavy atom. The van der Waals surface area contributed by atoms with Crippen LogP contribution in [0.4, 0.5) is 0 Å². The number of benzene rings is 1. The van der Waals surface area contributed by atoms with E-state index in [2.05, 4.69) is 11.6 Å². The Morgan fingerprint density at radius 1 is 1.00 bits per heavy atom. The fraction of sp³-hybridized carbons (Fsp3) is 0.708. The lowest BCUT2D eigenvalue weighted by Gasteiger charge is -2.57. The van der Waals surface area contributed by atoms with Crippen LogP contribution in [0.5, 0.6) is 0 Å². The molecule has 6 rings (SSSR count). The summed E-state index contributed by atoms with van der Waals surface area (Å²) in [6.45, 7) is 3.39. The topological polar surface area (TPSA) is 66.5 Å². The number of amides is 1. The van der Waals surface area contributed by atoms with Gasteiger partial charge < -0.3 is 4.90 Å². The molecule has 0 atom stereocenters. The van der Waals surface area contributed by atoms with Gasteiger partial charge in [-0.2, -0.15) is 0 Å². The highest BCUT2D eigenvalue weighted by atomic mass is 32.2. The van der Waals surface area contributed by atoms with Gasteiger partial charge in [0.25, 0.3) is 0 Å². The Hall–Kier alpha value is -1.40. The van der Waals surface area contributed by atoms with Crippen molar-refractivity contribution in [3.05, 3.63) is 29.8 Å². The van der Waals surface area contributed by atoms with Crippen LogP contribution in [0.25, 0.3) is 0 Å². The van der Waals surface area contributed by atoms with Crippen molar-refractivity contribution in [2.24, 2.45) is 23.2 Å². The van der Waals surface area contributed by atoms with E-state index in [1.165, 1.54) is 19.3 Å².